The van der Waals surface area contributed by atoms with Gasteiger partial charge in [0.1, 0.15) is 5.82 Å². The van der Waals surface area contributed by atoms with Gasteiger partial charge in [-0.3, -0.25) is 0 Å². The van der Waals surface area contributed by atoms with Gasteiger partial charge in [-0.05, 0) is 63.1 Å². The van der Waals surface area contributed by atoms with Gasteiger partial charge in [-0.25, -0.2) is 9.78 Å². The summed E-state index contributed by atoms with van der Waals surface area (Å²) in [4.78, 5) is 15.6. The van der Waals surface area contributed by atoms with Crippen molar-refractivity contribution in [1.82, 2.24) is 14.9 Å². The Morgan fingerprint density at radius 2 is 1.86 bits per heavy atom. The van der Waals surface area contributed by atoms with Crippen LogP contribution in [0.5, 0.6) is 0 Å². The molecule has 0 spiro atoms. The molecule has 3 N–H and O–H groups in total. The molecule has 0 aliphatic carbocycles. The van der Waals surface area contributed by atoms with Gasteiger partial charge in [0, 0.05) is 35.7 Å². The van der Waals surface area contributed by atoms with Gasteiger partial charge >= 0.3 is 5.97 Å². The third kappa shape index (κ3) is 5.10. The van der Waals surface area contributed by atoms with Crippen LogP contribution in [-0.4, -0.2) is 38.3 Å². The molecule has 29 heavy (non-hydrogen) atoms. The minimum absolute atomic E-state index is 0.0890. The summed E-state index contributed by atoms with van der Waals surface area (Å²) in [5, 5.41) is 22.9. The Hall–Kier alpha value is -2.96. The lowest BCUT2D eigenvalue weighted by Gasteiger charge is -2.18. The number of pyridine rings is 1. The van der Waals surface area contributed by atoms with E-state index in [2.05, 4.69) is 27.0 Å². The van der Waals surface area contributed by atoms with Gasteiger partial charge in [-0.15, -0.1) is 0 Å². The molecule has 0 amide bonds. The first-order valence-corrected chi connectivity index (χ1v) is 9.70. The molecule has 0 fully saturated rings. The van der Waals surface area contributed by atoms with E-state index in [1.54, 1.807) is 24.4 Å². The smallest absolute Gasteiger partial charge is 0.335 e. The summed E-state index contributed by atoms with van der Waals surface area (Å²) in [6.07, 6.45) is 1.72. The molecule has 1 aromatic carbocycles. The average Bonchev–Trinajstić information content (AvgIpc) is 3.04. The molecule has 0 bridgehead atoms. The Morgan fingerprint density at radius 3 is 2.48 bits per heavy atom. The predicted molar refractivity (Wildman–Crippen MR) is 113 cm³/mol. The maximum atomic E-state index is 11.1. The molecule has 0 saturated heterocycles. The molecule has 0 unspecified atom stereocenters. The van der Waals surface area contributed by atoms with Crippen molar-refractivity contribution >= 4 is 5.97 Å². The van der Waals surface area contributed by atoms with Crippen LogP contribution in [0.4, 0.5) is 0 Å². The highest BCUT2D eigenvalue weighted by Crippen LogP contribution is 2.17. The molecule has 3 rings (SSSR count). The Bertz CT molecular complexity index is 960. The van der Waals surface area contributed by atoms with Crippen LogP contribution < -0.4 is 5.32 Å². The first-order valence-electron chi connectivity index (χ1n) is 9.70. The number of carboxylic acid groups (broad SMARTS) is 1. The van der Waals surface area contributed by atoms with Gasteiger partial charge in [0.2, 0.25) is 0 Å². The number of aliphatic hydroxyl groups is 1. The van der Waals surface area contributed by atoms with Crippen LogP contribution in [0, 0.1) is 13.8 Å². The van der Waals surface area contributed by atoms with Gasteiger partial charge in [0.05, 0.1) is 11.7 Å². The van der Waals surface area contributed by atoms with Gasteiger partial charge in [-0.2, -0.15) is 0 Å². The molecule has 2 atom stereocenters. The number of aromatic carboxylic acids is 1. The minimum Gasteiger partial charge on any atom is -0.478 e. The number of aryl methyl sites for hydroxylation is 2. The van der Waals surface area contributed by atoms with Gasteiger partial charge in [0.25, 0.3) is 0 Å². The number of hydrogen-bond donors (Lipinski definition) is 3. The first-order chi connectivity index (χ1) is 13.8. The van der Waals surface area contributed by atoms with E-state index in [-0.39, 0.29) is 11.6 Å². The molecule has 3 aromatic rings. The summed E-state index contributed by atoms with van der Waals surface area (Å²) in [7, 11) is 0. The molecule has 2 aromatic heterocycles. The summed E-state index contributed by atoms with van der Waals surface area (Å²) in [6.45, 7) is 6.48. The molecule has 2 heterocycles. The number of nitrogens with zero attached hydrogens (tertiary/aromatic N) is 2. The zero-order valence-corrected chi connectivity index (χ0v) is 17.0. The summed E-state index contributed by atoms with van der Waals surface area (Å²) in [5.74, 6) is -0.0929. The number of aliphatic hydroxyl groups excluding tert-OH is 1. The maximum absolute atomic E-state index is 11.1. The van der Waals surface area contributed by atoms with E-state index in [9.17, 15) is 9.90 Å². The van der Waals surface area contributed by atoms with Gasteiger partial charge < -0.3 is 20.1 Å². The van der Waals surface area contributed by atoms with Crippen molar-refractivity contribution in [2.24, 2.45) is 0 Å². The zero-order valence-electron chi connectivity index (χ0n) is 17.0. The minimum atomic E-state index is -0.927. The zero-order chi connectivity index (χ0) is 21.0. The summed E-state index contributed by atoms with van der Waals surface area (Å²) in [5.41, 5.74) is 4.22. The van der Waals surface area contributed by atoms with Gasteiger partial charge in [-0.1, -0.05) is 18.2 Å². The fourth-order valence-corrected chi connectivity index (χ4v) is 3.44. The van der Waals surface area contributed by atoms with Crippen molar-refractivity contribution in [3.8, 4) is 5.82 Å². The van der Waals surface area contributed by atoms with Crippen molar-refractivity contribution in [3.63, 3.8) is 0 Å². The van der Waals surface area contributed by atoms with E-state index in [4.69, 9.17) is 5.11 Å². The normalized spacial score (nSPS) is 13.2. The lowest BCUT2D eigenvalue weighted by Crippen LogP contribution is -2.32. The second-order valence-electron chi connectivity index (χ2n) is 7.44. The first kappa shape index (κ1) is 20.8. The number of aromatic nitrogens is 2. The molecular formula is C23H27N3O3. The van der Waals surface area contributed by atoms with E-state index < -0.39 is 12.1 Å². The average molecular weight is 393 g/mol. The topological polar surface area (TPSA) is 87.4 Å². The number of carboxylic acids is 1. The molecule has 0 saturated carbocycles. The van der Waals surface area contributed by atoms with Crippen molar-refractivity contribution < 1.29 is 15.0 Å². The van der Waals surface area contributed by atoms with Crippen molar-refractivity contribution in [1.29, 1.82) is 0 Å². The van der Waals surface area contributed by atoms with Crippen LogP contribution in [0.3, 0.4) is 0 Å². The summed E-state index contributed by atoms with van der Waals surface area (Å²) < 4.78 is 2.07. The number of carbonyl (C=O) groups is 1. The lowest BCUT2D eigenvalue weighted by molar-refractivity contribution is 0.0696. The Balaban J connectivity index is 1.57. The Morgan fingerprint density at radius 1 is 1.14 bits per heavy atom. The van der Waals surface area contributed by atoms with Crippen molar-refractivity contribution in [3.05, 3.63) is 82.8 Å². The number of nitrogens with one attached hydrogen (secondary N) is 1. The monoisotopic (exact) mass is 393 g/mol. The maximum Gasteiger partial charge on any atom is 0.335 e. The fraction of sp³-hybridized carbons (Fsp3) is 0.304. The molecular weight excluding hydrogens is 366 g/mol. The highest BCUT2D eigenvalue weighted by atomic mass is 16.4. The Kier molecular flexibility index (Phi) is 6.46. The largest absolute Gasteiger partial charge is 0.478 e. The quantitative estimate of drug-likeness (QED) is 0.546. The van der Waals surface area contributed by atoms with E-state index >= 15 is 0 Å². The summed E-state index contributed by atoms with van der Waals surface area (Å²) >= 11 is 0. The van der Waals surface area contributed by atoms with E-state index in [1.165, 1.54) is 0 Å². The second kappa shape index (κ2) is 9.03. The number of rotatable bonds is 8. The highest BCUT2D eigenvalue weighted by Gasteiger charge is 2.12. The van der Waals surface area contributed by atoms with Crippen LogP contribution >= 0.6 is 0 Å². The van der Waals surface area contributed by atoms with E-state index in [0.29, 0.717) is 13.0 Å². The SMILES string of the molecule is Cc1ccc(C)n1-c1ccc([C@H](O)CN[C@H](C)Cc2cccc(C(=O)O)c2)cn1. The molecule has 0 aliphatic heterocycles. The molecule has 0 radical (unpaired) electrons. The van der Waals surface area contributed by atoms with Crippen LogP contribution in [0.1, 0.15) is 45.9 Å². The number of hydrogen-bond acceptors (Lipinski definition) is 4. The predicted octanol–water partition coefficient (Wildman–Crippen LogP) is 3.44. The van der Waals surface area contributed by atoms with Crippen molar-refractivity contribution in [2.75, 3.05) is 6.54 Å². The van der Waals surface area contributed by atoms with Gasteiger partial charge in [0.15, 0.2) is 0 Å². The Labute approximate surface area is 170 Å². The lowest BCUT2D eigenvalue weighted by atomic mass is 10.0. The fourth-order valence-electron chi connectivity index (χ4n) is 3.44. The van der Waals surface area contributed by atoms with Crippen LogP contribution in [-0.2, 0) is 6.42 Å². The van der Waals surface area contributed by atoms with Crippen LogP contribution in [0.2, 0.25) is 0 Å². The molecule has 6 heteroatoms. The van der Waals surface area contributed by atoms with E-state index in [1.807, 2.05) is 39.0 Å². The highest BCUT2D eigenvalue weighted by molar-refractivity contribution is 5.87. The summed E-state index contributed by atoms with van der Waals surface area (Å²) in [6, 6.07) is 14.9. The molecule has 152 valence electrons. The third-order valence-electron chi connectivity index (χ3n) is 5.03. The standard InChI is InChI=1S/C23H27N3O3/c1-15(11-18-5-4-6-19(12-18)23(28)29)24-14-21(27)20-9-10-22(25-13-20)26-16(2)7-8-17(26)3/h4-10,12-13,15,21,24,27H,11,14H2,1-3H3,(H,28,29)/t15-,21-/m1/s1. The second-order valence-corrected chi connectivity index (χ2v) is 7.44. The van der Waals surface area contributed by atoms with Crippen LogP contribution in [0.15, 0.2) is 54.7 Å². The van der Waals surface area contributed by atoms with Crippen LogP contribution in [0.25, 0.3) is 5.82 Å². The third-order valence-corrected chi connectivity index (χ3v) is 5.03. The number of benzene rings is 1. The molecule has 0 aliphatic rings. The molecule has 6 nitrogen and oxygen atoms in total. The van der Waals surface area contributed by atoms with E-state index in [0.717, 1.165) is 28.3 Å². The van der Waals surface area contributed by atoms with Crippen molar-refractivity contribution in [2.45, 2.75) is 39.3 Å².